The van der Waals surface area contributed by atoms with Crippen molar-refractivity contribution in [2.45, 2.75) is 33.2 Å². The van der Waals surface area contributed by atoms with Gasteiger partial charge in [0.15, 0.2) is 0 Å². The van der Waals surface area contributed by atoms with Crippen LogP contribution in [0.4, 0.5) is 0 Å². The number of rotatable bonds is 6. The highest BCUT2D eigenvalue weighted by molar-refractivity contribution is 5.42. The number of hydrogen-bond acceptors (Lipinski definition) is 3. The van der Waals surface area contributed by atoms with E-state index < -0.39 is 0 Å². The molecule has 0 fully saturated rings. The van der Waals surface area contributed by atoms with E-state index in [1.807, 2.05) is 18.5 Å². The Balaban J connectivity index is 2.28. The lowest BCUT2D eigenvalue weighted by Gasteiger charge is -2.13. The molecule has 20 heavy (non-hydrogen) atoms. The molecular formula is C15H21N3O2. The second-order valence-electron chi connectivity index (χ2n) is 4.98. The monoisotopic (exact) mass is 275 g/mol. The van der Waals surface area contributed by atoms with Gasteiger partial charge in [0, 0.05) is 20.3 Å². The predicted octanol–water partition coefficient (Wildman–Crippen LogP) is 2.08. The number of hydrogen-bond donors (Lipinski definition) is 0. The van der Waals surface area contributed by atoms with E-state index in [0.29, 0.717) is 13.2 Å². The van der Waals surface area contributed by atoms with Crippen LogP contribution < -0.4 is 5.69 Å². The van der Waals surface area contributed by atoms with Crippen molar-refractivity contribution in [3.05, 3.63) is 46.1 Å². The van der Waals surface area contributed by atoms with Crippen LogP contribution in [0.25, 0.3) is 5.69 Å². The molecule has 0 aliphatic heterocycles. The van der Waals surface area contributed by atoms with E-state index in [9.17, 15) is 4.79 Å². The van der Waals surface area contributed by atoms with E-state index in [0.717, 1.165) is 29.7 Å². The summed E-state index contributed by atoms with van der Waals surface area (Å²) in [6, 6.07) is 6.20. The van der Waals surface area contributed by atoms with Crippen molar-refractivity contribution in [2.24, 2.45) is 0 Å². The van der Waals surface area contributed by atoms with Crippen LogP contribution in [0.1, 0.15) is 24.0 Å². The molecule has 0 aliphatic carbocycles. The zero-order chi connectivity index (χ0) is 14.5. The molecule has 1 aromatic heterocycles. The predicted molar refractivity (Wildman–Crippen MR) is 78.4 cm³/mol. The third kappa shape index (κ3) is 3.17. The Morgan fingerprint density at radius 2 is 2.05 bits per heavy atom. The van der Waals surface area contributed by atoms with Gasteiger partial charge < -0.3 is 4.74 Å². The van der Waals surface area contributed by atoms with Gasteiger partial charge in [-0.3, -0.25) is 0 Å². The number of methoxy groups -OCH3 is 1. The Morgan fingerprint density at radius 1 is 1.25 bits per heavy atom. The Labute approximate surface area is 118 Å². The molecule has 0 bridgehead atoms. The highest BCUT2D eigenvalue weighted by Crippen LogP contribution is 2.15. The molecule has 0 amide bonds. The van der Waals surface area contributed by atoms with E-state index in [1.54, 1.807) is 18.1 Å². The third-order valence-electron chi connectivity index (χ3n) is 3.34. The van der Waals surface area contributed by atoms with Crippen LogP contribution in [0.5, 0.6) is 0 Å². The Morgan fingerprint density at radius 3 is 2.80 bits per heavy atom. The maximum Gasteiger partial charge on any atom is 0.364 e. The first-order chi connectivity index (χ1) is 9.63. The molecule has 0 saturated heterocycles. The van der Waals surface area contributed by atoms with Gasteiger partial charge in [0.1, 0.15) is 6.33 Å². The summed E-state index contributed by atoms with van der Waals surface area (Å²) in [5.41, 5.74) is 3.09. The second kappa shape index (κ2) is 6.52. The summed E-state index contributed by atoms with van der Waals surface area (Å²) < 4.78 is 8.55. The quantitative estimate of drug-likeness (QED) is 0.758. The molecule has 0 saturated carbocycles. The average molecular weight is 275 g/mol. The lowest BCUT2D eigenvalue weighted by molar-refractivity contribution is 0.190. The highest BCUT2D eigenvalue weighted by Gasteiger charge is 2.09. The standard InChI is InChI=1S/C15H21N3O2/c1-12-6-7-13(2)14(10-12)18-11-16-15(19)17(18)8-4-5-9-20-3/h6-7,10-11H,4-5,8-9H2,1-3H3. The van der Waals surface area contributed by atoms with E-state index in [1.165, 1.54) is 0 Å². The lowest BCUT2D eigenvalue weighted by atomic mass is 10.1. The topological polar surface area (TPSA) is 49.1 Å². The molecule has 2 aromatic rings. The first-order valence-electron chi connectivity index (χ1n) is 6.84. The van der Waals surface area contributed by atoms with E-state index >= 15 is 0 Å². The fraction of sp³-hybridized carbons (Fsp3) is 0.467. The Hall–Kier alpha value is -1.88. The number of nitrogens with zero attached hydrogens (tertiary/aromatic N) is 3. The molecule has 2 rings (SSSR count). The summed E-state index contributed by atoms with van der Waals surface area (Å²) in [5.74, 6) is 0. The molecule has 1 aromatic carbocycles. The largest absolute Gasteiger partial charge is 0.385 e. The summed E-state index contributed by atoms with van der Waals surface area (Å²) in [7, 11) is 1.69. The number of ether oxygens (including phenoxy) is 1. The SMILES string of the molecule is COCCCCn1c(=O)ncn1-c1cc(C)ccc1C. The van der Waals surface area contributed by atoms with Gasteiger partial charge in [-0.15, -0.1) is 0 Å². The van der Waals surface area contributed by atoms with Crippen LogP contribution in [0.15, 0.2) is 29.3 Å². The van der Waals surface area contributed by atoms with Gasteiger partial charge in [0.05, 0.1) is 5.69 Å². The molecule has 5 heteroatoms. The summed E-state index contributed by atoms with van der Waals surface area (Å²) in [5, 5.41) is 0. The first-order valence-corrected chi connectivity index (χ1v) is 6.84. The third-order valence-corrected chi connectivity index (χ3v) is 3.34. The van der Waals surface area contributed by atoms with Crippen LogP contribution in [-0.4, -0.2) is 28.1 Å². The molecule has 108 valence electrons. The minimum atomic E-state index is -0.205. The Kier molecular flexibility index (Phi) is 4.74. The summed E-state index contributed by atoms with van der Waals surface area (Å²) in [6.07, 6.45) is 3.42. The van der Waals surface area contributed by atoms with Crippen LogP contribution in [0.3, 0.4) is 0 Å². The fourth-order valence-corrected chi connectivity index (χ4v) is 2.20. The van der Waals surface area contributed by atoms with Crippen molar-refractivity contribution in [3.63, 3.8) is 0 Å². The van der Waals surface area contributed by atoms with E-state index in [-0.39, 0.29) is 5.69 Å². The summed E-state index contributed by atoms with van der Waals surface area (Å²) >= 11 is 0. The van der Waals surface area contributed by atoms with Crippen LogP contribution in [0, 0.1) is 13.8 Å². The number of aromatic nitrogens is 3. The number of aryl methyl sites for hydroxylation is 2. The molecule has 0 N–H and O–H groups in total. The van der Waals surface area contributed by atoms with Crippen molar-refractivity contribution in [3.8, 4) is 5.69 Å². The van der Waals surface area contributed by atoms with Gasteiger partial charge >= 0.3 is 5.69 Å². The van der Waals surface area contributed by atoms with Crippen molar-refractivity contribution < 1.29 is 4.74 Å². The molecule has 0 aliphatic rings. The molecule has 0 atom stereocenters. The van der Waals surface area contributed by atoms with Crippen LogP contribution in [-0.2, 0) is 11.3 Å². The van der Waals surface area contributed by atoms with Gasteiger partial charge in [-0.1, -0.05) is 12.1 Å². The first kappa shape index (κ1) is 14.5. The minimum Gasteiger partial charge on any atom is -0.385 e. The van der Waals surface area contributed by atoms with E-state index in [4.69, 9.17) is 4.74 Å². The number of benzene rings is 1. The summed E-state index contributed by atoms with van der Waals surface area (Å²) in [6.45, 7) is 5.44. The maximum absolute atomic E-state index is 11.9. The van der Waals surface area contributed by atoms with Crippen molar-refractivity contribution in [1.82, 2.24) is 14.3 Å². The Bertz CT molecular complexity index is 628. The molecule has 0 spiro atoms. The van der Waals surface area contributed by atoms with Crippen molar-refractivity contribution in [2.75, 3.05) is 13.7 Å². The van der Waals surface area contributed by atoms with Gasteiger partial charge in [-0.25, -0.2) is 14.2 Å². The smallest absolute Gasteiger partial charge is 0.364 e. The van der Waals surface area contributed by atoms with Crippen LogP contribution in [0.2, 0.25) is 0 Å². The lowest BCUT2D eigenvalue weighted by Crippen LogP contribution is -2.23. The van der Waals surface area contributed by atoms with Gasteiger partial charge in [0.25, 0.3) is 0 Å². The van der Waals surface area contributed by atoms with Gasteiger partial charge in [-0.05, 0) is 43.9 Å². The van der Waals surface area contributed by atoms with Gasteiger partial charge in [0.2, 0.25) is 0 Å². The molecule has 0 radical (unpaired) electrons. The zero-order valence-corrected chi connectivity index (χ0v) is 12.3. The molecular weight excluding hydrogens is 254 g/mol. The molecule has 5 nitrogen and oxygen atoms in total. The van der Waals surface area contributed by atoms with Crippen molar-refractivity contribution >= 4 is 0 Å². The minimum absolute atomic E-state index is 0.205. The summed E-state index contributed by atoms with van der Waals surface area (Å²) in [4.78, 5) is 15.8. The zero-order valence-electron chi connectivity index (χ0n) is 12.3. The average Bonchev–Trinajstić information content (AvgIpc) is 2.79. The van der Waals surface area contributed by atoms with Gasteiger partial charge in [-0.2, -0.15) is 4.98 Å². The van der Waals surface area contributed by atoms with E-state index in [2.05, 4.69) is 23.2 Å². The fourth-order valence-electron chi connectivity index (χ4n) is 2.20. The van der Waals surface area contributed by atoms with Crippen molar-refractivity contribution in [1.29, 1.82) is 0 Å². The maximum atomic E-state index is 11.9. The molecule has 1 heterocycles. The highest BCUT2D eigenvalue weighted by atomic mass is 16.5. The normalized spacial score (nSPS) is 10.9. The second-order valence-corrected chi connectivity index (χ2v) is 4.98. The molecule has 0 unspecified atom stereocenters. The number of unbranched alkanes of at least 4 members (excludes halogenated alkanes) is 1. The van der Waals surface area contributed by atoms with Crippen LogP contribution >= 0.6 is 0 Å².